The lowest BCUT2D eigenvalue weighted by atomic mass is 9.91. The number of carbonyl (C=O) groups is 2. The molecule has 0 saturated heterocycles. The second kappa shape index (κ2) is 8.66. The van der Waals surface area contributed by atoms with E-state index in [0.29, 0.717) is 6.07 Å². The Hall–Kier alpha value is -3.73. The highest BCUT2D eigenvalue weighted by molar-refractivity contribution is 7.17. The number of fused-ring (bicyclic) bond motifs is 3. The van der Waals surface area contributed by atoms with Gasteiger partial charge in [0.25, 0.3) is 11.6 Å². The third-order valence-corrected chi connectivity index (χ3v) is 6.25. The summed E-state index contributed by atoms with van der Waals surface area (Å²) in [7, 11) is 0. The van der Waals surface area contributed by atoms with E-state index < -0.39 is 46.5 Å². The highest BCUT2D eigenvalue weighted by Crippen LogP contribution is 2.40. The van der Waals surface area contributed by atoms with Crippen LogP contribution in [0, 0.1) is 10.1 Å². The van der Waals surface area contributed by atoms with Crippen LogP contribution < -0.4 is 5.32 Å². The highest BCUT2D eigenvalue weighted by atomic mass is 32.1. The van der Waals surface area contributed by atoms with E-state index in [1.54, 1.807) is 6.07 Å². The Morgan fingerprint density at radius 3 is 2.55 bits per heavy atom. The van der Waals surface area contributed by atoms with Crippen LogP contribution in [0.25, 0.3) is 10.4 Å². The molecule has 170 valence electrons. The van der Waals surface area contributed by atoms with Gasteiger partial charge in [0, 0.05) is 17.0 Å². The first-order valence-corrected chi connectivity index (χ1v) is 10.5. The summed E-state index contributed by atoms with van der Waals surface area (Å²) in [6.07, 6.45) is -3.33. The number of halogens is 3. The molecule has 0 saturated carbocycles. The van der Waals surface area contributed by atoms with Gasteiger partial charge >= 0.3 is 12.1 Å². The fraction of sp³-hybridized carbons (Fsp3) is 0.182. The number of non-ortho nitro benzene ring substituents is 1. The molecule has 33 heavy (non-hydrogen) atoms. The minimum absolute atomic E-state index is 0.288. The normalized spacial score (nSPS) is 12.5. The summed E-state index contributed by atoms with van der Waals surface area (Å²) in [5, 5.41) is 12.8. The highest BCUT2D eigenvalue weighted by Gasteiger charge is 2.35. The summed E-state index contributed by atoms with van der Waals surface area (Å²) in [5.41, 5.74) is 0.400. The Morgan fingerprint density at radius 2 is 1.82 bits per heavy atom. The standard InChI is InChI=1S/C22H15F3N2O5S/c23-22(24,25)16-10-14(27(30)31)7-8-17(16)26-19(28)11-32-21(29)18-9-13-6-5-12-3-1-2-4-15(12)20(13)33-18/h1-4,7-10H,5-6,11H2,(H,26,28). The SMILES string of the molecule is O=C(COC(=O)c1cc2c(s1)-c1ccccc1CC2)Nc1ccc([N+](=O)[O-])cc1C(F)(F)F. The average molecular weight is 476 g/mol. The van der Waals surface area contributed by atoms with Gasteiger partial charge in [-0.25, -0.2) is 4.79 Å². The van der Waals surface area contributed by atoms with Crippen LogP contribution in [0.2, 0.25) is 0 Å². The molecule has 7 nitrogen and oxygen atoms in total. The predicted molar refractivity (Wildman–Crippen MR) is 114 cm³/mol. The van der Waals surface area contributed by atoms with Crippen LogP contribution in [0.5, 0.6) is 0 Å². The van der Waals surface area contributed by atoms with Crippen LogP contribution >= 0.6 is 11.3 Å². The molecule has 1 aromatic heterocycles. The second-order valence-electron chi connectivity index (χ2n) is 7.23. The third-order valence-electron chi connectivity index (χ3n) is 5.06. The molecule has 1 heterocycles. The fourth-order valence-electron chi connectivity index (χ4n) is 3.55. The lowest BCUT2D eigenvalue weighted by Gasteiger charge is -2.15. The zero-order valence-corrected chi connectivity index (χ0v) is 17.6. The number of nitrogens with one attached hydrogen (secondary N) is 1. The monoisotopic (exact) mass is 476 g/mol. The maximum Gasteiger partial charge on any atom is 0.418 e. The molecule has 11 heteroatoms. The number of esters is 1. The molecular weight excluding hydrogens is 461 g/mol. The van der Waals surface area contributed by atoms with Gasteiger partial charge < -0.3 is 10.1 Å². The lowest BCUT2D eigenvalue weighted by molar-refractivity contribution is -0.385. The minimum atomic E-state index is -4.93. The van der Waals surface area contributed by atoms with E-state index in [9.17, 15) is 32.9 Å². The molecule has 0 bridgehead atoms. The van der Waals surface area contributed by atoms with Gasteiger partial charge in [-0.1, -0.05) is 24.3 Å². The number of nitrogens with zero attached hydrogens (tertiary/aromatic N) is 1. The summed E-state index contributed by atoms with van der Waals surface area (Å²) in [4.78, 5) is 35.6. The summed E-state index contributed by atoms with van der Waals surface area (Å²) in [6, 6.07) is 11.5. The largest absolute Gasteiger partial charge is 0.451 e. The Kier molecular flexibility index (Phi) is 5.90. The summed E-state index contributed by atoms with van der Waals surface area (Å²) in [5.74, 6) is -1.77. The molecule has 1 aliphatic rings. The number of thiophene rings is 1. The van der Waals surface area contributed by atoms with Crippen molar-refractivity contribution in [2.24, 2.45) is 0 Å². The van der Waals surface area contributed by atoms with Crippen molar-refractivity contribution in [2.45, 2.75) is 19.0 Å². The number of rotatable bonds is 5. The van der Waals surface area contributed by atoms with Crippen molar-refractivity contribution in [3.8, 4) is 10.4 Å². The summed E-state index contributed by atoms with van der Waals surface area (Å²) < 4.78 is 44.7. The molecule has 0 fully saturated rings. The zero-order chi connectivity index (χ0) is 23.8. The Bertz CT molecular complexity index is 1270. The van der Waals surface area contributed by atoms with Gasteiger partial charge in [-0.05, 0) is 41.7 Å². The maximum atomic E-state index is 13.2. The van der Waals surface area contributed by atoms with Gasteiger partial charge in [0.1, 0.15) is 4.88 Å². The number of alkyl halides is 3. The van der Waals surface area contributed by atoms with Gasteiger partial charge in [0.15, 0.2) is 6.61 Å². The molecule has 1 aliphatic carbocycles. The number of anilines is 1. The second-order valence-corrected chi connectivity index (χ2v) is 8.28. The molecule has 4 rings (SSSR count). The smallest absolute Gasteiger partial charge is 0.418 e. The molecule has 3 aromatic rings. The summed E-state index contributed by atoms with van der Waals surface area (Å²) >= 11 is 1.23. The first-order valence-electron chi connectivity index (χ1n) is 9.67. The maximum absolute atomic E-state index is 13.2. The van der Waals surface area contributed by atoms with E-state index in [1.165, 1.54) is 16.9 Å². The van der Waals surface area contributed by atoms with Crippen molar-refractivity contribution >= 4 is 34.6 Å². The van der Waals surface area contributed by atoms with Crippen LogP contribution in [-0.2, 0) is 28.5 Å². The van der Waals surface area contributed by atoms with Crippen molar-refractivity contribution < 1.29 is 32.4 Å². The Morgan fingerprint density at radius 1 is 1.09 bits per heavy atom. The van der Waals surface area contributed by atoms with Crippen molar-refractivity contribution in [1.82, 2.24) is 0 Å². The molecule has 0 spiro atoms. The number of amides is 1. The number of hydrogen-bond acceptors (Lipinski definition) is 6. The number of hydrogen-bond donors (Lipinski definition) is 1. The van der Waals surface area contributed by atoms with Gasteiger partial charge in [-0.3, -0.25) is 14.9 Å². The average Bonchev–Trinajstić information content (AvgIpc) is 3.22. The first-order chi connectivity index (χ1) is 15.6. The minimum Gasteiger partial charge on any atom is -0.451 e. The molecule has 0 aliphatic heterocycles. The number of ether oxygens (including phenoxy) is 1. The van der Waals surface area contributed by atoms with E-state index >= 15 is 0 Å². The lowest BCUT2D eigenvalue weighted by Crippen LogP contribution is -2.22. The predicted octanol–water partition coefficient (Wildman–Crippen LogP) is 5.24. The number of aryl methyl sites for hydroxylation is 2. The zero-order valence-electron chi connectivity index (χ0n) is 16.8. The molecule has 1 amide bonds. The van der Waals surface area contributed by atoms with Crippen LogP contribution in [0.4, 0.5) is 24.5 Å². The molecule has 1 N–H and O–H groups in total. The van der Waals surface area contributed by atoms with Gasteiger partial charge in [0.2, 0.25) is 0 Å². The number of nitro benzene ring substituents is 1. The Labute approximate surface area is 189 Å². The Balaban J connectivity index is 1.44. The van der Waals surface area contributed by atoms with Gasteiger partial charge in [-0.2, -0.15) is 13.2 Å². The van der Waals surface area contributed by atoms with Crippen LogP contribution in [0.1, 0.15) is 26.4 Å². The van der Waals surface area contributed by atoms with Crippen LogP contribution in [0.15, 0.2) is 48.5 Å². The van der Waals surface area contributed by atoms with Crippen molar-refractivity contribution in [1.29, 1.82) is 0 Å². The third kappa shape index (κ3) is 4.72. The molecule has 2 aromatic carbocycles. The number of carbonyl (C=O) groups excluding carboxylic acids is 2. The first kappa shape index (κ1) is 22.5. The fourth-order valence-corrected chi connectivity index (χ4v) is 4.71. The van der Waals surface area contributed by atoms with Crippen molar-refractivity contribution in [3.63, 3.8) is 0 Å². The summed E-state index contributed by atoms with van der Waals surface area (Å²) in [6.45, 7) is -0.813. The van der Waals surface area contributed by atoms with E-state index in [0.717, 1.165) is 41.0 Å². The van der Waals surface area contributed by atoms with Crippen molar-refractivity contribution in [3.05, 3.63) is 80.2 Å². The van der Waals surface area contributed by atoms with Crippen LogP contribution in [0.3, 0.4) is 0 Å². The quantitative estimate of drug-likeness (QED) is 0.309. The number of benzene rings is 2. The molecular formula is C22H15F3N2O5S. The van der Waals surface area contributed by atoms with E-state index in [2.05, 4.69) is 0 Å². The van der Waals surface area contributed by atoms with E-state index in [1.807, 2.05) is 29.6 Å². The van der Waals surface area contributed by atoms with E-state index in [-0.39, 0.29) is 4.88 Å². The molecule has 0 atom stereocenters. The van der Waals surface area contributed by atoms with Crippen LogP contribution in [-0.4, -0.2) is 23.4 Å². The number of nitro groups is 1. The van der Waals surface area contributed by atoms with Crippen molar-refractivity contribution in [2.75, 3.05) is 11.9 Å². The topological polar surface area (TPSA) is 98.5 Å². The molecule has 0 radical (unpaired) electrons. The van der Waals surface area contributed by atoms with Gasteiger partial charge in [-0.15, -0.1) is 11.3 Å². The van der Waals surface area contributed by atoms with E-state index in [4.69, 9.17) is 4.74 Å². The molecule has 0 unspecified atom stereocenters. The van der Waals surface area contributed by atoms with Gasteiger partial charge in [0.05, 0.1) is 16.2 Å².